The molecule has 1 N–H and O–H groups in total. The SMILES string of the molecule is O=C(NCC[C@@H]1C[C@H]2CC[C@H]1C2)[C@@H]1CCCCN1C(=O)c1ccccc1. The molecule has 0 radical (unpaired) electrons. The van der Waals surface area contributed by atoms with Crippen molar-refractivity contribution in [2.24, 2.45) is 17.8 Å². The molecular weight excluding hydrogens is 324 g/mol. The lowest BCUT2D eigenvalue weighted by Gasteiger charge is -2.35. The van der Waals surface area contributed by atoms with Crippen LogP contribution < -0.4 is 5.32 Å². The summed E-state index contributed by atoms with van der Waals surface area (Å²) in [5, 5.41) is 3.14. The fraction of sp³-hybridized carbons (Fsp3) is 0.636. The Morgan fingerprint density at radius 3 is 2.62 bits per heavy atom. The normalized spacial score (nSPS) is 30.4. The molecule has 2 saturated carbocycles. The van der Waals surface area contributed by atoms with Gasteiger partial charge in [0, 0.05) is 18.7 Å². The summed E-state index contributed by atoms with van der Waals surface area (Å²) in [6, 6.07) is 9.02. The third kappa shape index (κ3) is 3.65. The standard InChI is InChI=1S/C22H30N2O2/c25-21(23-12-11-19-15-16-9-10-18(19)14-16)20-8-4-5-13-24(20)22(26)17-6-2-1-3-7-17/h1-3,6-7,16,18-20H,4-5,8-15H2,(H,23,25)/t16-,18-,19+,20-/m0/s1. The molecule has 1 aromatic carbocycles. The highest BCUT2D eigenvalue weighted by Gasteiger charge is 2.39. The second-order valence-electron chi connectivity index (χ2n) is 8.39. The lowest BCUT2D eigenvalue weighted by molar-refractivity contribution is -0.126. The summed E-state index contributed by atoms with van der Waals surface area (Å²) < 4.78 is 0. The third-order valence-electron chi connectivity index (χ3n) is 6.79. The van der Waals surface area contributed by atoms with E-state index in [1.807, 2.05) is 30.3 Å². The maximum absolute atomic E-state index is 12.8. The average molecular weight is 354 g/mol. The van der Waals surface area contributed by atoms with Crippen molar-refractivity contribution >= 4 is 11.8 Å². The largest absolute Gasteiger partial charge is 0.354 e. The molecule has 1 heterocycles. The predicted molar refractivity (Wildman–Crippen MR) is 102 cm³/mol. The van der Waals surface area contributed by atoms with Crippen LogP contribution in [-0.2, 0) is 4.79 Å². The molecule has 0 aromatic heterocycles. The zero-order chi connectivity index (χ0) is 17.9. The van der Waals surface area contributed by atoms with Gasteiger partial charge in [-0.25, -0.2) is 0 Å². The fourth-order valence-corrected chi connectivity index (χ4v) is 5.42. The highest BCUT2D eigenvalue weighted by molar-refractivity contribution is 5.97. The summed E-state index contributed by atoms with van der Waals surface area (Å²) >= 11 is 0. The maximum atomic E-state index is 12.8. The number of rotatable bonds is 5. The highest BCUT2D eigenvalue weighted by Crippen LogP contribution is 2.49. The van der Waals surface area contributed by atoms with E-state index >= 15 is 0 Å². The first-order valence-electron chi connectivity index (χ1n) is 10.4. The Hall–Kier alpha value is -1.84. The van der Waals surface area contributed by atoms with E-state index in [4.69, 9.17) is 0 Å². The number of carbonyl (C=O) groups excluding carboxylic acids is 2. The zero-order valence-electron chi connectivity index (χ0n) is 15.5. The van der Waals surface area contributed by atoms with Gasteiger partial charge in [-0.05, 0) is 74.8 Å². The van der Waals surface area contributed by atoms with Gasteiger partial charge >= 0.3 is 0 Å². The summed E-state index contributed by atoms with van der Waals surface area (Å²) in [6.45, 7) is 1.44. The molecule has 140 valence electrons. The van der Waals surface area contributed by atoms with Crippen LogP contribution in [0, 0.1) is 17.8 Å². The van der Waals surface area contributed by atoms with Crippen molar-refractivity contribution in [2.45, 2.75) is 57.4 Å². The van der Waals surface area contributed by atoms with E-state index in [0.717, 1.165) is 50.0 Å². The van der Waals surface area contributed by atoms with Crippen molar-refractivity contribution in [2.75, 3.05) is 13.1 Å². The molecule has 4 heteroatoms. The highest BCUT2D eigenvalue weighted by atomic mass is 16.2. The third-order valence-corrected chi connectivity index (χ3v) is 6.79. The van der Waals surface area contributed by atoms with E-state index in [1.165, 1.54) is 25.7 Å². The van der Waals surface area contributed by atoms with Gasteiger partial charge < -0.3 is 10.2 Å². The molecule has 3 fully saturated rings. The van der Waals surface area contributed by atoms with Crippen LogP contribution in [0.1, 0.15) is 61.7 Å². The quantitative estimate of drug-likeness (QED) is 0.878. The Labute approximate surface area is 156 Å². The van der Waals surface area contributed by atoms with Gasteiger partial charge in [0.1, 0.15) is 6.04 Å². The van der Waals surface area contributed by atoms with Crippen molar-refractivity contribution < 1.29 is 9.59 Å². The number of fused-ring (bicyclic) bond motifs is 2. The van der Waals surface area contributed by atoms with Crippen LogP contribution in [0.3, 0.4) is 0 Å². The van der Waals surface area contributed by atoms with Gasteiger partial charge in [0.15, 0.2) is 0 Å². The van der Waals surface area contributed by atoms with Crippen molar-refractivity contribution in [3.05, 3.63) is 35.9 Å². The van der Waals surface area contributed by atoms with Crippen LogP contribution in [0.25, 0.3) is 0 Å². The van der Waals surface area contributed by atoms with Gasteiger partial charge in [0.25, 0.3) is 5.91 Å². The maximum Gasteiger partial charge on any atom is 0.254 e. The molecule has 2 aliphatic carbocycles. The van der Waals surface area contributed by atoms with Crippen LogP contribution in [0.4, 0.5) is 0 Å². The first-order valence-corrected chi connectivity index (χ1v) is 10.4. The van der Waals surface area contributed by atoms with Gasteiger partial charge in [-0.2, -0.15) is 0 Å². The number of likely N-dealkylation sites (tertiary alicyclic amines) is 1. The van der Waals surface area contributed by atoms with Crippen molar-refractivity contribution in [3.63, 3.8) is 0 Å². The van der Waals surface area contributed by atoms with E-state index in [0.29, 0.717) is 12.1 Å². The number of amides is 2. The summed E-state index contributed by atoms with van der Waals surface area (Å²) in [4.78, 5) is 27.4. The molecule has 4 nitrogen and oxygen atoms in total. The Bertz CT molecular complexity index is 645. The molecule has 2 bridgehead atoms. The Balaban J connectivity index is 1.32. The molecule has 0 unspecified atom stereocenters. The minimum absolute atomic E-state index is 0.0152. The number of nitrogens with zero attached hydrogens (tertiary/aromatic N) is 1. The van der Waals surface area contributed by atoms with Crippen LogP contribution in [0.5, 0.6) is 0 Å². The lowest BCUT2D eigenvalue weighted by atomic mass is 9.86. The van der Waals surface area contributed by atoms with Gasteiger partial charge in [-0.1, -0.05) is 24.6 Å². The molecule has 1 aliphatic heterocycles. The molecular formula is C22H30N2O2. The smallest absolute Gasteiger partial charge is 0.254 e. The molecule has 0 spiro atoms. The molecule has 2 amide bonds. The van der Waals surface area contributed by atoms with Crippen molar-refractivity contribution in [1.82, 2.24) is 10.2 Å². The number of nitrogens with one attached hydrogen (secondary N) is 1. The van der Waals surface area contributed by atoms with E-state index in [-0.39, 0.29) is 17.9 Å². The zero-order valence-corrected chi connectivity index (χ0v) is 15.5. The van der Waals surface area contributed by atoms with E-state index < -0.39 is 0 Å². The van der Waals surface area contributed by atoms with E-state index in [9.17, 15) is 9.59 Å². The first-order chi connectivity index (χ1) is 12.7. The second-order valence-corrected chi connectivity index (χ2v) is 8.39. The Kier molecular flexibility index (Phi) is 5.28. The summed E-state index contributed by atoms with van der Waals surface area (Å²) in [5.41, 5.74) is 0.675. The summed E-state index contributed by atoms with van der Waals surface area (Å²) in [7, 11) is 0. The molecule has 1 aromatic rings. The number of hydrogen-bond donors (Lipinski definition) is 1. The van der Waals surface area contributed by atoms with Crippen LogP contribution >= 0.6 is 0 Å². The van der Waals surface area contributed by atoms with Crippen LogP contribution in [0.15, 0.2) is 30.3 Å². The Morgan fingerprint density at radius 1 is 1.04 bits per heavy atom. The molecule has 1 saturated heterocycles. The second kappa shape index (κ2) is 7.81. The Morgan fingerprint density at radius 2 is 1.88 bits per heavy atom. The van der Waals surface area contributed by atoms with Crippen molar-refractivity contribution in [3.8, 4) is 0 Å². The molecule has 26 heavy (non-hydrogen) atoms. The van der Waals surface area contributed by atoms with Gasteiger partial charge in [0.05, 0.1) is 0 Å². The number of carbonyl (C=O) groups is 2. The summed E-state index contributed by atoms with van der Waals surface area (Å²) in [6.07, 6.45) is 9.47. The number of hydrogen-bond acceptors (Lipinski definition) is 2. The fourth-order valence-electron chi connectivity index (χ4n) is 5.42. The van der Waals surface area contributed by atoms with Gasteiger partial charge in [0.2, 0.25) is 5.91 Å². The number of piperidine rings is 1. The predicted octanol–water partition coefficient (Wildman–Crippen LogP) is 3.62. The summed E-state index contributed by atoms with van der Waals surface area (Å²) in [5.74, 6) is 2.69. The average Bonchev–Trinajstić information content (AvgIpc) is 3.31. The first kappa shape index (κ1) is 17.6. The van der Waals surface area contributed by atoms with Crippen molar-refractivity contribution in [1.29, 1.82) is 0 Å². The van der Waals surface area contributed by atoms with Gasteiger partial charge in [-0.15, -0.1) is 0 Å². The molecule has 3 aliphatic rings. The van der Waals surface area contributed by atoms with E-state index in [2.05, 4.69) is 5.32 Å². The monoisotopic (exact) mass is 354 g/mol. The lowest BCUT2D eigenvalue weighted by Crippen LogP contribution is -2.52. The molecule has 4 rings (SSSR count). The van der Waals surface area contributed by atoms with Gasteiger partial charge in [-0.3, -0.25) is 9.59 Å². The van der Waals surface area contributed by atoms with Crippen LogP contribution in [0.2, 0.25) is 0 Å². The van der Waals surface area contributed by atoms with E-state index in [1.54, 1.807) is 4.90 Å². The molecule has 4 atom stereocenters. The minimum Gasteiger partial charge on any atom is -0.354 e. The minimum atomic E-state index is -0.309. The number of benzene rings is 1. The topological polar surface area (TPSA) is 49.4 Å². The van der Waals surface area contributed by atoms with Crippen LogP contribution in [-0.4, -0.2) is 35.8 Å².